The molecule has 0 saturated carbocycles. The Morgan fingerprint density at radius 1 is 1.30 bits per heavy atom. The van der Waals surface area contributed by atoms with Gasteiger partial charge in [-0.25, -0.2) is 4.98 Å². The maximum atomic E-state index is 12.5. The quantitative estimate of drug-likeness (QED) is 0.628. The Bertz CT molecular complexity index is 805. The van der Waals surface area contributed by atoms with Gasteiger partial charge in [0.1, 0.15) is 11.3 Å². The molecule has 0 spiro atoms. The highest BCUT2D eigenvalue weighted by atomic mass is 35.5. The molecule has 0 aliphatic carbocycles. The standard InChI is InChI=1S/C13H7ClF3N3O2S/c14-9-3-8(13(15,16)17)4-18-12(9)23-6-10-19-11(20-22-10)7-1-2-21-5-7/h1-5H,6H2. The fraction of sp³-hybridized carbons (Fsp3) is 0.154. The van der Waals surface area contributed by atoms with Crippen molar-refractivity contribution < 1.29 is 22.1 Å². The lowest BCUT2D eigenvalue weighted by atomic mass is 10.3. The summed E-state index contributed by atoms with van der Waals surface area (Å²) in [7, 11) is 0. The topological polar surface area (TPSA) is 65.0 Å². The lowest BCUT2D eigenvalue weighted by molar-refractivity contribution is -0.137. The second-order valence-electron chi connectivity index (χ2n) is 4.32. The van der Waals surface area contributed by atoms with Crippen molar-refractivity contribution >= 4 is 23.4 Å². The maximum Gasteiger partial charge on any atom is 0.417 e. The molecule has 3 aromatic rings. The highest BCUT2D eigenvalue weighted by molar-refractivity contribution is 7.98. The Morgan fingerprint density at radius 3 is 2.78 bits per heavy atom. The summed E-state index contributed by atoms with van der Waals surface area (Å²) >= 11 is 6.93. The van der Waals surface area contributed by atoms with Crippen LogP contribution in [0.25, 0.3) is 11.4 Å². The van der Waals surface area contributed by atoms with E-state index in [4.69, 9.17) is 20.5 Å². The van der Waals surface area contributed by atoms with E-state index in [1.165, 1.54) is 12.5 Å². The Morgan fingerprint density at radius 2 is 2.13 bits per heavy atom. The Hall–Kier alpha value is -2.00. The largest absolute Gasteiger partial charge is 0.472 e. The van der Waals surface area contributed by atoms with Crippen LogP contribution < -0.4 is 0 Å². The molecule has 0 bridgehead atoms. The molecule has 0 atom stereocenters. The van der Waals surface area contributed by atoms with Gasteiger partial charge in [-0.05, 0) is 12.1 Å². The van der Waals surface area contributed by atoms with E-state index in [0.29, 0.717) is 17.3 Å². The van der Waals surface area contributed by atoms with Gasteiger partial charge in [-0.2, -0.15) is 18.2 Å². The summed E-state index contributed by atoms with van der Waals surface area (Å²) in [6.45, 7) is 0. The minimum Gasteiger partial charge on any atom is -0.472 e. The summed E-state index contributed by atoms with van der Waals surface area (Å²) in [5, 5.41) is 3.95. The van der Waals surface area contributed by atoms with Gasteiger partial charge in [-0.15, -0.1) is 0 Å². The summed E-state index contributed by atoms with van der Waals surface area (Å²) < 4.78 is 47.6. The molecule has 0 fully saturated rings. The van der Waals surface area contributed by atoms with Crippen LogP contribution in [0.1, 0.15) is 11.5 Å². The zero-order valence-electron chi connectivity index (χ0n) is 11.2. The molecule has 3 aromatic heterocycles. The molecular formula is C13H7ClF3N3O2S. The number of furan rings is 1. The van der Waals surface area contributed by atoms with Crippen LogP contribution in [-0.2, 0) is 11.9 Å². The molecule has 0 aromatic carbocycles. The van der Waals surface area contributed by atoms with E-state index < -0.39 is 11.7 Å². The van der Waals surface area contributed by atoms with E-state index in [0.717, 1.165) is 24.0 Å². The summed E-state index contributed by atoms with van der Waals surface area (Å²) in [5.74, 6) is 0.882. The zero-order valence-corrected chi connectivity index (χ0v) is 12.7. The normalized spacial score (nSPS) is 11.8. The van der Waals surface area contributed by atoms with Crippen LogP contribution in [0, 0.1) is 0 Å². The van der Waals surface area contributed by atoms with Gasteiger partial charge in [0.25, 0.3) is 0 Å². The predicted molar refractivity (Wildman–Crippen MR) is 75.8 cm³/mol. The van der Waals surface area contributed by atoms with Crippen LogP contribution in [0.4, 0.5) is 13.2 Å². The third kappa shape index (κ3) is 3.67. The van der Waals surface area contributed by atoms with Crippen LogP contribution in [0.5, 0.6) is 0 Å². The molecule has 0 saturated heterocycles. The molecule has 3 heterocycles. The lowest BCUT2D eigenvalue weighted by Crippen LogP contribution is -2.05. The molecule has 23 heavy (non-hydrogen) atoms. The van der Waals surface area contributed by atoms with Crippen molar-refractivity contribution in [2.75, 3.05) is 0 Å². The number of pyridine rings is 1. The lowest BCUT2D eigenvalue weighted by Gasteiger charge is -2.08. The monoisotopic (exact) mass is 361 g/mol. The highest BCUT2D eigenvalue weighted by Gasteiger charge is 2.31. The Labute approximate surface area is 136 Å². The number of hydrogen-bond acceptors (Lipinski definition) is 6. The van der Waals surface area contributed by atoms with Gasteiger partial charge in [0.15, 0.2) is 0 Å². The van der Waals surface area contributed by atoms with Crippen molar-refractivity contribution in [2.45, 2.75) is 17.0 Å². The number of rotatable bonds is 4. The van der Waals surface area contributed by atoms with Gasteiger partial charge in [0, 0.05) is 6.20 Å². The Kier molecular flexibility index (Phi) is 4.31. The number of nitrogens with zero attached hydrogens (tertiary/aromatic N) is 3. The van der Waals surface area contributed by atoms with E-state index in [-0.39, 0.29) is 15.8 Å². The number of halogens is 4. The summed E-state index contributed by atoms with van der Waals surface area (Å²) in [4.78, 5) is 7.87. The van der Waals surface area contributed by atoms with Crippen molar-refractivity contribution in [3.8, 4) is 11.4 Å². The fourth-order valence-electron chi connectivity index (χ4n) is 1.64. The molecule has 0 aliphatic rings. The highest BCUT2D eigenvalue weighted by Crippen LogP contribution is 2.34. The number of aromatic nitrogens is 3. The first-order valence-corrected chi connectivity index (χ1v) is 7.50. The van der Waals surface area contributed by atoms with Crippen LogP contribution in [0.2, 0.25) is 5.02 Å². The molecule has 0 radical (unpaired) electrons. The summed E-state index contributed by atoms with van der Waals surface area (Å²) in [6, 6.07) is 2.51. The number of hydrogen-bond donors (Lipinski definition) is 0. The van der Waals surface area contributed by atoms with Gasteiger partial charge in [0.2, 0.25) is 11.7 Å². The molecule has 5 nitrogen and oxygen atoms in total. The van der Waals surface area contributed by atoms with Gasteiger partial charge < -0.3 is 8.94 Å². The van der Waals surface area contributed by atoms with Crippen LogP contribution in [0.3, 0.4) is 0 Å². The van der Waals surface area contributed by atoms with Crippen molar-refractivity contribution in [3.63, 3.8) is 0 Å². The predicted octanol–water partition coefficient (Wildman–Crippen LogP) is 4.69. The van der Waals surface area contributed by atoms with E-state index in [2.05, 4.69) is 15.1 Å². The van der Waals surface area contributed by atoms with Gasteiger partial charge in [-0.1, -0.05) is 28.5 Å². The molecule has 0 N–H and O–H groups in total. The molecule has 0 unspecified atom stereocenters. The first kappa shape index (κ1) is 15.9. The average Bonchev–Trinajstić information content (AvgIpc) is 3.16. The van der Waals surface area contributed by atoms with E-state index in [1.54, 1.807) is 6.07 Å². The summed E-state index contributed by atoms with van der Waals surface area (Å²) in [6.07, 6.45) is -0.799. The molecule has 10 heteroatoms. The smallest absolute Gasteiger partial charge is 0.417 e. The first-order chi connectivity index (χ1) is 10.9. The van der Waals surface area contributed by atoms with E-state index in [9.17, 15) is 13.2 Å². The van der Waals surface area contributed by atoms with E-state index in [1.807, 2.05) is 0 Å². The van der Waals surface area contributed by atoms with Gasteiger partial charge >= 0.3 is 6.18 Å². The number of alkyl halides is 3. The SMILES string of the molecule is FC(F)(F)c1cnc(SCc2nc(-c3ccoc3)no2)c(Cl)c1. The third-order valence-electron chi connectivity index (χ3n) is 2.71. The van der Waals surface area contributed by atoms with Crippen LogP contribution in [0.15, 0.2) is 44.8 Å². The minimum absolute atomic E-state index is 0.0839. The maximum absolute atomic E-state index is 12.5. The molecule has 3 rings (SSSR count). The van der Waals surface area contributed by atoms with Crippen molar-refractivity contribution in [1.82, 2.24) is 15.1 Å². The second kappa shape index (κ2) is 6.25. The number of thioether (sulfide) groups is 1. The van der Waals surface area contributed by atoms with Crippen molar-refractivity contribution in [3.05, 3.63) is 47.3 Å². The first-order valence-electron chi connectivity index (χ1n) is 6.14. The van der Waals surface area contributed by atoms with Gasteiger partial charge in [-0.3, -0.25) is 0 Å². The van der Waals surface area contributed by atoms with Crippen LogP contribution in [-0.4, -0.2) is 15.1 Å². The fourth-order valence-corrected chi connectivity index (χ4v) is 2.67. The second-order valence-corrected chi connectivity index (χ2v) is 5.69. The zero-order chi connectivity index (χ0) is 16.4. The molecular weight excluding hydrogens is 355 g/mol. The minimum atomic E-state index is -4.48. The third-order valence-corrected chi connectivity index (χ3v) is 4.10. The van der Waals surface area contributed by atoms with Gasteiger partial charge in [0.05, 0.1) is 28.2 Å². The molecule has 0 aliphatic heterocycles. The average molecular weight is 362 g/mol. The Balaban J connectivity index is 1.69. The van der Waals surface area contributed by atoms with Crippen molar-refractivity contribution in [1.29, 1.82) is 0 Å². The van der Waals surface area contributed by atoms with Crippen molar-refractivity contribution in [2.24, 2.45) is 0 Å². The summed E-state index contributed by atoms with van der Waals surface area (Å²) in [5.41, 5.74) is -0.234. The van der Waals surface area contributed by atoms with Crippen LogP contribution >= 0.6 is 23.4 Å². The molecule has 0 amide bonds. The molecule has 120 valence electrons. The van der Waals surface area contributed by atoms with E-state index >= 15 is 0 Å².